The summed E-state index contributed by atoms with van der Waals surface area (Å²) in [4.78, 5) is 4.14. The number of nitrogens with zero attached hydrogens (tertiary/aromatic N) is 1. The highest BCUT2D eigenvalue weighted by atomic mass is 19.1. The first-order valence-electron chi connectivity index (χ1n) is 5.30. The first-order chi connectivity index (χ1) is 8.19. The molecule has 0 spiro atoms. The normalized spacial score (nSPS) is 10.8. The number of halogens is 2. The number of rotatable bonds is 4. The Balaban J connectivity index is 2.24. The van der Waals surface area contributed by atoms with E-state index in [9.17, 15) is 8.78 Å². The van der Waals surface area contributed by atoms with Crippen LogP contribution in [-0.2, 0) is 6.54 Å². The zero-order valence-electron chi connectivity index (χ0n) is 9.34. The van der Waals surface area contributed by atoms with Crippen molar-refractivity contribution in [2.75, 3.05) is 6.54 Å². The number of benzene rings is 1. The number of hydrogen-bond acceptors (Lipinski definition) is 3. The van der Waals surface area contributed by atoms with Gasteiger partial charge in [0.1, 0.15) is 17.9 Å². The lowest BCUT2D eigenvalue weighted by atomic mass is 10.2. The Morgan fingerprint density at radius 1 is 1.24 bits per heavy atom. The molecule has 0 bridgehead atoms. The maximum Gasteiger partial charge on any atom is 0.226 e. The first-order valence-corrected chi connectivity index (χ1v) is 5.30. The molecule has 0 atom stereocenters. The second-order valence-corrected chi connectivity index (χ2v) is 3.58. The number of nitrogens with one attached hydrogen (secondary N) is 1. The van der Waals surface area contributed by atoms with Crippen LogP contribution in [0.3, 0.4) is 0 Å². The van der Waals surface area contributed by atoms with E-state index in [0.717, 1.165) is 12.6 Å². The lowest BCUT2D eigenvalue weighted by Crippen LogP contribution is -2.11. The second kappa shape index (κ2) is 5.05. The van der Waals surface area contributed by atoms with Crippen LogP contribution in [0.5, 0.6) is 0 Å². The lowest BCUT2D eigenvalue weighted by molar-refractivity contribution is 0.561. The third kappa shape index (κ3) is 2.88. The molecule has 0 saturated carbocycles. The minimum Gasteiger partial charge on any atom is -0.444 e. The van der Waals surface area contributed by atoms with Crippen LogP contribution in [-0.4, -0.2) is 11.5 Å². The van der Waals surface area contributed by atoms with E-state index in [-0.39, 0.29) is 5.89 Å². The van der Waals surface area contributed by atoms with Crippen molar-refractivity contribution >= 4 is 0 Å². The molecule has 1 aromatic heterocycles. The molecular weight excluding hydrogens is 226 g/mol. The Morgan fingerprint density at radius 3 is 2.59 bits per heavy atom. The molecule has 1 N–H and O–H groups in total. The maximum atomic E-state index is 13.0. The van der Waals surface area contributed by atoms with E-state index in [1.54, 1.807) is 0 Å². The molecule has 1 heterocycles. The summed E-state index contributed by atoms with van der Waals surface area (Å²) in [6.07, 6.45) is 1.47. The Hall–Kier alpha value is -1.75. The number of aromatic nitrogens is 1. The molecule has 0 aliphatic rings. The Morgan fingerprint density at radius 2 is 1.94 bits per heavy atom. The summed E-state index contributed by atoms with van der Waals surface area (Å²) < 4.78 is 31.2. The van der Waals surface area contributed by atoms with Crippen LogP contribution >= 0.6 is 0 Å². The average Bonchev–Trinajstić information content (AvgIpc) is 2.73. The van der Waals surface area contributed by atoms with Crippen molar-refractivity contribution in [2.45, 2.75) is 13.5 Å². The SMILES string of the molecule is CCNCc1coc(-c2cc(F)cc(F)c2)n1. The average molecular weight is 238 g/mol. The van der Waals surface area contributed by atoms with E-state index in [2.05, 4.69) is 10.3 Å². The molecule has 0 aliphatic carbocycles. The summed E-state index contributed by atoms with van der Waals surface area (Å²) in [6, 6.07) is 3.18. The molecule has 0 aliphatic heterocycles. The van der Waals surface area contributed by atoms with Crippen LogP contribution in [0.25, 0.3) is 11.5 Å². The van der Waals surface area contributed by atoms with E-state index in [1.165, 1.54) is 18.4 Å². The summed E-state index contributed by atoms with van der Waals surface area (Å²) >= 11 is 0. The van der Waals surface area contributed by atoms with Crippen molar-refractivity contribution in [2.24, 2.45) is 0 Å². The molecular formula is C12H12F2N2O. The van der Waals surface area contributed by atoms with Gasteiger partial charge in [-0.2, -0.15) is 0 Å². The Bertz CT molecular complexity index is 491. The predicted molar refractivity (Wildman–Crippen MR) is 59.2 cm³/mol. The number of oxazole rings is 1. The van der Waals surface area contributed by atoms with Gasteiger partial charge in [-0.1, -0.05) is 6.92 Å². The second-order valence-electron chi connectivity index (χ2n) is 3.58. The van der Waals surface area contributed by atoms with Gasteiger partial charge >= 0.3 is 0 Å². The van der Waals surface area contributed by atoms with Crippen LogP contribution < -0.4 is 5.32 Å². The van der Waals surface area contributed by atoms with Crippen molar-refractivity contribution in [3.63, 3.8) is 0 Å². The standard InChI is InChI=1S/C12H12F2N2O/c1-2-15-6-11-7-17-12(16-11)8-3-9(13)5-10(14)4-8/h3-5,7,15H,2,6H2,1H3. The van der Waals surface area contributed by atoms with Gasteiger partial charge in [-0.15, -0.1) is 0 Å². The fraction of sp³-hybridized carbons (Fsp3) is 0.250. The fourth-order valence-corrected chi connectivity index (χ4v) is 1.45. The molecule has 1 aromatic carbocycles. The van der Waals surface area contributed by atoms with Crippen molar-refractivity contribution in [3.05, 3.63) is 41.8 Å². The van der Waals surface area contributed by atoms with Crippen LogP contribution in [0.4, 0.5) is 8.78 Å². The van der Waals surface area contributed by atoms with Crippen LogP contribution in [0.1, 0.15) is 12.6 Å². The molecule has 5 heteroatoms. The first kappa shape index (κ1) is 11.7. The van der Waals surface area contributed by atoms with Crippen molar-refractivity contribution in [3.8, 4) is 11.5 Å². The van der Waals surface area contributed by atoms with Gasteiger partial charge in [-0.25, -0.2) is 13.8 Å². The zero-order valence-corrected chi connectivity index (χ0v) is 9.34. The molecule has 0 fully saturated rings. The molecule has 2 aromatic rings. The summed E-state index contributed by atoms with van der Waals surface area (Å²) in [7, 11) is 0. The molecule has 0 amide bonds. The maximum absolute atomic E-state index is 13.0. The topological polar surface area (TPSA) is 38.1 Å². The predicted octanol–water partition coefficient (Wildman–Crippen LogP) is 2.73. The van der Waals surface area contributed by atoms with Crippen molar-refractivity contribution < 1.29 is 13.2 Å². The van der Waals surface area contributed by atoms with Crippen LogP contribution in [0, 0.1) is 11.6 Å². The summed E-state index contributed by atoms with van der Waals surface area (Å²) in [5.41, 5.74) is 0.997. The van der Waals surface area contributed by atoms with Gasteiger partial charge in [0, 0.05) is 18.2 Å². The molecule has 17 heavy (non-hydrogen) atoms. The highest BCUT2D eigenvalue weighted by molar-refractivity contribution is 5.53. The van der Waals surface area contributed by atoms with Gasteiger partial charge in [0.15, 0.2) is 0 Å². The van der Waals surface area contributed by atoms with E-state index < -0.39 is 11.6 Å². The monoisotopic (exact) mass is 238 g/mol. The number of hydrogen-bond donors (Lipinski definition) is 1. The summed E-state index contributed by atoms with van der Waals surface area (Å²) in [5, 5.41) is 3.08. The molecule has 2 rings (SSSR count). The van der Waals surface area contributed by atoms with Crippen molar-refractivity contribution in [1.29, 1.82) is 0 Å². The van der Waals surface area contributed by atoms with Gasteiger partial charge in [0.2, 0.25) is 5.89 Å². The molecule has 0 radical (unpaired) electrons. The van der Waals surface area contributed by atoms with Gasteiger partial charge in [-0.3, -0.25) is 0 Å². The molecule has 3 nitrogen and oxygen atoms in total. The smallest absolute Gasteiger partial charge is 0.226 e. The molecule has 0 saturated heterocycles. The van der Waals surface area contributed by atoms with E-state index in [4.69, 9.17) is 4.42 Å². The van der Waals surface area contributed by atoms with Crippen molar-refractivity contribution in [1.82, 2.24) is 10.3 Å². The van der Waals surface area contributed by atoms with Crippen LogP contribution in [0.2, 0.25) is 0 Å². The van der Waals surface area contributed by atoms with Gasteiger partial charge in [-0.05, 0) is 18.7 Å². The minimum atomic E-state index is -0.647. The Labute approximate surface area is 97.5 Å². The Kier molecular flexibility index (Phi) is 3.49. The van der Waals surface area contributed by atoms with Crippen LogP contribution in [0.15, 0.2) is 28.9 Å². The quantitative estimate of drug-likeness (QED) is 0.890. The van der Waals surface area contributed by atoms with Gasteiger partial charge in [0.25, 0.3) is 0 Å². The van der Waals surface area contributed by atoms with Gasteiger partial charge < -0.3 is 9.73 Å². The molecule has 0 unspecified atom stereocenters. The minimum absolute atomic E-state index is 0.219. The fourth-order valence-electron chi connectivity index (χ4n) is 1.45. The highest BCUT2D eigenvalue weighted by Crippen LogP contribution is 2.20. The summed E-state index contributed by atoms with van der Waals surface area (Å²) in [5.74, 6) is -1.07. The molecule has 90 valence electrons. The van der Waals surface area contributed by atoms with Gasteiger partial charge in [0.05, 0.1) is 5.69 Å². The van der Waals surface area contributed by atoms with E-state index in [0.29, 0.717) is 17.8 Å². The van der Waals surface area contributed by atoms with E-state index in [1.807, 2.05) is 6.92 Å². The lowest BCUT2D eigenvalue weighted by Gasteiger charge is -1.97. The third-order valence-electron chi connectivity index (χ3n) is 2.22. The third-order valence-corrected chi connectivity index (χ3v) is 2.22. The van der Waals surface area contributed by atoms with E-state index >= 15 is 0 Å². The summed E-state index contributed by atoms with van der Waals surface area (Å²) in [6.45, 7) is 3.36. The largest absolute Gasteiger partial charge is 0.444 e. The highest BCUT2D eigenvalue weighted by Gasteiger charge is 2.09. The zero-order chi connectivity index (χ0) is 12.3.